The molecule has 0 aliphatic rings. The molecule has 1 amide bonds. The molecule has 2 aromatic rings. The molecule has 126 valence electrons. The third kappa shape index (κ3) is 4.91. The highest BCUT2D eigenvalue weighted by Crippen LogP contribution is 2.12. The van der Waals surface area contributed by atoms with E-state index in [9.17, 15) is 14.0 Å². The van der Waals surface area contributed by atoms with Crippen LogP contribution in [-0.4, -0.2) is 36.8 Å². The molecule has 24 heavy (non-hydrogen) atoms. The Morgan fingerprint density at radius 1 is 1.00 bits per heavy atom. The van der Waals surface area contributed by atoms with Crippen molar-refractivity contribution < 1.29 is 18.7 Å². The van der Waals surface area contributed by atoms with Gasteiger partial charge in [-0.3, -0.25) is 9.59 Å². The van der Waals surface area contributed by atoms with Crippen molar-refractivity contribution in [3.05, 3.63) is 65.5 Å². The summed E-state index contributed by atoms with van der Waals surface area (Å²) in [4.78, 5) is 25.1. The fraction of sp³-hybridized carbons (Fsp3) is 0.263. The quantitative estimate of drug-likeness (QED) is 0.576. The lowest BCUT2D eigenvalue weighted by atomic mass is 10.1. The van der Waals surface area contributed by atoms with E-state index in [1.165, 1.54) is 19.1 Å². The van der Waals surface area contributed by atoms with Crippen molar-refractivity contribution in [2.24, 2.45) is 0 Å². The summed E-state index contributed by atoms with van der Waals surface area (Å²) < 4.78 is 18.3. The zero-order valence-corrected chi connectivity index (χ0v) is 13.8. The Bertz CT molecular complexity index is 696. The number of ether oxygens (including phenoxy) is 1. The lowest BCUT2D eigenvalue weighted by Crippen LogP contribution is -2.28. The summed E-state index contributed by atoms with van der Waals surface area (Å²) in [6.45, 7) is 2.46. The van der Waals surface area contributed by atoms with Crippen molar-refractivity contribution in [3.8, 4) is 5.75 Å². The van der Waals surface area contributed by atoms with Crippen LogP contribution in [0.25, 0.3) is 0 Å². The Balaban J connectivity index is 1.79. The monoisotopic (exact) mass is 329 g/mol. The van der Waals surface area contributed by atoms with E-state index in [2.05, 4.69) is 0 Å². The minimum Gasteiger partial charge on any atom is -0.494 e. The molecule has 2 rings (SSSR count). The summed E-state index contributed by atoms with van der Waals surface area (Å²) in [6, 6.07) is 12.4. The second-order valence-corrected chi connectivity index (χ2v) is 5.52. The topological polar surface area (TPSA) is 46.6 Å². The van der Waals surface area contributed by atoms with Gasteiger partial charge in [-0.2, -0.15) is 0 Å². The van der Waals surface area contributed by atoms with Crippen LogP contribution in [0.2, 0.25) is 0 Å². The van der Waals surface area contributed by atoms with Gasteiger partial charge in [0, 0.05) is 24.7 Å². The Hall–Kier alpha value is -2.69. The van der Waals surface area contributed by atoms with Gasteiger partial charge in [0.25, 0.3) is 5.91 Å². The lowest BCUT2D eigenvalue weighted by Gasteiger charge is -2.17. The minimum absolute atomic E-state index is 0.0275. The molecular formula is C19H20FNO3. The van der Waals surface area contributed by atoms with Crippen LogP contribution in [0.3, 0.4) is 0 Å². The number of benzene rings is 2. The molecule has 0 saturated heterocycles. The summed E-state index contributed by atoms with van der Waals surface area (Å²) in [5, 5.41) is 0. The predicted octanol–water partition coefficient (Wildman–Crippen LogP) is 3.57. The highest BCUT2D eigenvalue weighted by Gasteiger charge is 2.11. The Morgan fingerprint density at radius 2 is 1.58 bits per heavy atom. The first kappa shape index (κ1) is 17.7. The largest absolute Gasteiger partial charge is 0.494 e. The molecule has 0 spiro atoms. The van der Waals surface area contributed by atoms with Crippen molar-refractivity contribution in [1.82, 2.24) is 4.90 Å². The van der Waals surface area contributed by atoms with Crippen molar-refractivity contribution in [3.63, 3.8) is 0 Å². The zero-order valence-electron chi connectivity index (χ0n) is 13.8. The number of carbonyl (C=O) groups excluding carboxylic acids is 2. The first-order valence-electron chi connectivity index (χ1n) is 7.72. The third-order valence-electron chi connectivity index (χ3n) is 3.61. The highest BCUT2D eigenvalue weighted by molar-refractivity contribution is 5.97. The smallest absolute Gasteiger partial charge is 0.253 e. The first-order chi connectivity index (χ1) is 11.5. The van der Waals surface area contributed by atoms with E-state index in [0.29, 0.717) is 36.4 Å². The van der Waals surface area contributed by atoms with Crippen LogP contribution >= 0.6 is 0 Å². The van der Waals surface area contributed by atoms with Crippen LogP contribution in [-0.2, 0) is 0 Å². The second-order valence-electron chi connectivity index (χ2n) is 5.52. The number of halogens is 1. The van der Waals surface area contributed by atoms with Gasteiger partial charge in [-0.25, -0.2) is 4.39 Å². The van der Waals surface area contributed by atoms with Crippen LogP contribution in [0.4, 0.5) is 4.39 Å². The first-order valence-corrected chi connectivity index (χ1v) is 7.72. The van der Waals surface area contributed by atoms with E-state index in [-0.39, 0.29) is 17.5 Å². The molecule has 0 aromatic heterocycles. The van der Waals surface area contributed by atoms with E-state index in [1.807, 2.05) is 0 Å². The summed E-state index contributed by atoms with van der Waals surface area (Å²) in [6.07, 6.45) is 0.658. The van der Waals surface area contributed by atoms with Gasteiger partial charge < -0.3 is 9.64 Å². The Labute approximate surface area is 140 Å². The van der Waals surface area contributed by atoms with Crippen LogP contribution in [0, 0.1) is 5.82 Å². The maximum atomic E-state index is 12.8. The molecule has 0 aliphatic heterocycles. The molecule has 0 unspecified atom stereocenters. The van der Waals surface area contributed by atoms with Crippen LogP contribution in [0.15, 0.2) is 48.5 Å². The van der Waals surface area contributed by atoms with E-state index in [1.54, 1.807) is 48.3 Å². The lowest BCUT2D eigenvalue weighted by molar-refractivity contribution is 0.0787. The van der Waals surface area contributed by atoms with Gasteiger partial charge in [-0.15, -0.1) is 0 Å². The maximum Gasteiger partial charge on any atom is 0.253 e. The average Bonchev–Trinajstić information content (AvgIpc) is 2.59. The number of ketones is 1. The van der Waals surface area contributed by atoms with Gasteiger partial charge in [0.15, 0.2) is 5.78 Å². The normalized spacial score (nSPS) is 10.3. The Morgan fingerprint density at radius 3 is 2.17 bits per heavy atom. The molecule has 2 aromatic carbocycles. The summed E-state index contributed by atoms with van der Waals surface area (Å²) in [5.41, 5.74) is 1.13. The molecule has 0 fully saturated rings. The average molecular weight is 329 g/mol. The fourth-order valence-corrected chi connectivity index (χ4v) is 2.19. The number of nitrogens with zero attached hydrogens (tertiary/aromatic N) is 1. The molecule has 0 bridgehead atoms. The number of amides is 1. The standard InChI is InChI=1S/C19H20FNO3/c1-14(22)15-4-6-16(7-5-15)19(23)21(2)12-3-13-24-18-10-8-17(20)9-11-18/h4-11H,3,12-13H2,1-2H3. The minimum atomic E-state index is -0.302. The van der Waals surface area contributed by atoms with Gasteiger partial charge in [-0.1, -0.05) is 12.1 Å². The van der Waals surface area contributed by atoms with Gasteiger partial charge in [0.05, 0.1) is 6.61 Å². The number of hydrogen-bond donors (Lipinski definition) is 0. The molecular weight excluding hydrogens is 309 g/mol. The van der Waals surface area contributed by atoms with E-state index in [4.69, 9.17) is 4.74 Å². The third-order valence-corrected chi connectivity index (χ3v) is 3.61. The highest BCUT2D eigenvalue weighted by atomic mass is 19.1. The molecule has 4 nitrogen and oxygen atoms in total. The summed E-state index contributed by atoms with van der Waals surface area (Å²) >= 11 is 0. The molecule has 0 N–H and O–H groups in total. The fourth-order valence-electron chi connectivity index (χ4n) is 2.19. The zero-order chi connectivity index (χ0) is 17.5. The number of hydrogen-bond acceptors (Lipinski definition) is 3. The molecule has 0 aliphatic carbocycles. The number of carbonyl (C=O) groups is 2. The van der Waals surface area contributed by atoms with Crippen LogP contribution < -0.4 is 4.74 Å². The van der Waals surface area contributed by atoms with E-state index < -0.39 is 0 Å². The number of rotatable bonds is 7. The molecule has 0 heterocycles. The maximum absolute atomic E-state index is 12.8. The van der Waals surface area contributed by atoms with E-state index >= 15 is 0 Å². The SMILES string of the molecule is CC(=O)c1ccc(C(=O)N(C)CCCOc2ccc(F)cc2)cc1. The summed E-state index contributed by atoms with van der Waals surface area (Å²) in [7, 11) is 1.72. The van der Waals surface area contributed by atoms with Crippen molar-refractivity contribution >= 4 is 11.7 Å². The second kappa shape index (κ2) is 8.24. The van der Waals surface area contributed by atoms with E-state index in [0.717, 1.165) is 0 Å². The molecule has 0 atom stereocenters. The summed E-state index contributed by atoms with van der Waals surface area (Å²) in [5.74, 6) is 0.167. The predicted molar refractivity (Wildman–Crippen MR) is 89.9 cm³/mol. The van der Waals surface area contributed by atoms with Crippen molar-refractivity contribution in [1.29, 1.82) is 0 Å². The molecule has 5 heteroatoms. The molecule has 0 radical (unpaired) electrons. The van der Waals surface area contributed by atoms with Crippen molar-refractivity contribution in [2.45, 2.75) is 13.3 Å². The van der Waals surface area contributed by atoms with Gasteiger partial charge in [-0.05, 0) is 49.7 Å². The van der Waals surface area contributed by atoms with Gasteiger partial charge >= 0.3 is 0 Å². The molecule has 0 saturated carbocycles. The van der Waals surface area contributed by atoms with Crippen LogP contribution in [0.5, 0.6) is 5.75 Å². The van der Waals surface area contributed by atoms with Gasteiger partial charge in [0.1, 0.15) is 11.6 Å². The Kier molecular flexibility index (Phi) is 6.07. The van der Waals surface area contributed by atoms with Crippen LogP contribution in [0.1, 0.15) is 34.1 Å². The van der Waals surface area contributed by atoms with Crippen molar-refractivity contribution in [2.75, 3.05) is 20.2 Å². The van der Waals surface area contributed by atoms with Gasteiger partial charge in [0.2, 0.25) is 0 Å². The number of Topliss-reactive ketones (excluding diaryl/α,β-unsaturated/α-hetero) is 1.